The predicted molar refractivity (Wildman–Crippen MR) is 102 cm³/mol. The molecule has 0 aromatic heterocycles. The van der Waals surface area contributed by atoms with E-state index < -0.39 is 73.0 Å². The van der Waals surface area contributed by atoms with Gasteiger partial charge in [0.05, 0.1) is 5.56 Å². The van der Waals surface area contributed by atoms with Crippen LogP contribution in [0.4, 0.5) is 0 Å². The van der Waals surface area contributed by atoms with Crippen LogP contribution in [0.5, 0.6) is 5.75 Å². The molecular weight excluding hydrogens is 468 g/mol. The number of hydrogen-bond acceptors (Lipinski definition) is 13. The average Bonchev–Trinajstić information content (AvgIpc) is 2.81. The molecule has 1 aromatic carbocycles. The number of aldehydes is 1. The quantitative estimate of drug-likeness (QED) is 0.114. The molecule has 8 N–H and O–H groups in total. The summed E-state index contributed by atoms with van der Waals surface area (Å²) in [6, 6.07) is 4.33. The van der Waals surface area contributed by atoms with Crippen LogP contribution < -0.4 is 4.74 Å². The molecule has 34 heavy (non-hydrogen) atoms. The van der Waals surface area contributed by atoms with E-state index in [1.807, 2.05) is 0 Å². The Morgan fingerprint density at radius 2 is 1.53 bits per heavy atom. The minimum atomic E-state index is -2.48. The summed E-state index contributed by atoms with van der Waals surface area (Å²) in [5.41, 5.74) is -0.272. The Morgan fingerprint density at radius 1 is 0.941 bits per heavy atom. The molecule has 0 unspecified atom stereocenters. The molecule has 0 aliphatic carbocycles. The molecule has 1 aliphatic heterocycles. The number of aliphatic carboxylic acids is 2. The van der Waals surface area contributed by atoms with Crippen molar-refractivity contribution in [3.63, 3.8) is 0 Å². The number of carbonyl (C=O) groups is 4. The number of carboxylic acid groups (broad SMARTS) is 2. The third-order valence-corrected chi connectivity index (χ3v) is 4.79. The highest BCUT2D eigenvalue weighted by Gasteiger charge is 2.48. The first-order chi connectivity index (χ1) is 15.9. The molecule has 0 amide bonds. The lowest BCUT2D eigenvalue weighted by Gasteiger charge is -2.38. The van der Waals surface area contributed by atoms with Crippen molar-refractivity contribution in [2.45, 2.75) is 55.1 Å². The summed E-state index contributed by atoms with van der Waals surface area (Å²) in [5, 5.41) is 76.2. The normalized spacial score (nSPS) is 28.1. The number of aliphatic hydroxyl groups is 6. The largest absolute Gasteiger partial charge is 0.479 e. The average molecular weight is 490 g/mol. The highest BCUT2D eigenvalue weighted by Crippen LogP contribution is 2.25. The maximum atomic E-state index is 12.3. The summed E-state index contributed by atoms with van der Waals surface area (Å²) in [6.07, 6.45) is -18.5. The second-order valence-electron chi connectivity index (χ2n) is 7.15. The number of aliphatic hydroxyl groups excluding tert-OH is 6. The van der Waals surface area contributed by atoms with Gasteiger partial charge in [0.25, 0.3) is 0 Å². The van der Waals surface area contributed by atoms with Crippen LogP contribution in [0.25, 0.3) is 0 Å². The Morgan fingerprint density at radius 3 is 2.03 bits per heavy atom. The molecule has 15 nitrogen and oxygen atoms in total. The van der Waals surface area contributed by atoms with Gasteiger partial charge < -0.3 is 59.9 Å². The van der Waals surface area contributed by atoms with Gasteiger partial charge in [-0.1, -0.05) is 0 Å². The molecular formula is C19H22O15. The van der Waals surface area contributed by atoms with Crippen LogP contribution in [0.1, 0.15) is 10.4 Å². The lowest BCUT2D eigenvalue weighted by atomic mass is 9.99. The molecule has 15 heteroatoms. The third kappa shape index (κ3) is 6.03. The smallest absolute Gasteiger partial charge is 0.338 e. The van der Waals surface area contributed by atoms with E-state index in [9.17, 15) is 49.8 Å². The predicted octanol–water partition coefficient (Wildman–Crippen LogP) is -4.15. The van der Waals surface area contributed by atoms with E-state index >= 15 is 0 Å². The van der Waals surface area contributed by atoms with E-state index in [2.05, 4.69) is 0 Å². The van der Waals surface area contributed by atoms with Crippen LogP contribution in [-0.2, 0) is 23.9 Å². The van der Waals surface area contributed by atoms with Crippen LogP contribution in [0, 0.1) is 0 Å². The molecule has 1 heterocycles. The van der Waals surface area contributed by atoms with Crippen molar-refractivity contribution in [3.8, 4) is 5.75 Å². The Kier molecular flexibility index (Phi) is 9.00. The zero-order chi connectivity index (χ0) is 25.7. The van der Waals surface area contributed by atoms with Crippen molar-refractivity contribution < 1.29 is 74.2 Å². The summed E-state index contributed by atoms with van der Waals surface area (Å²) in [4.78, 5) is 45.1. The first kappa shape index (κ1) is 27.1. The van der Waals surface area contributed by atoms with E-state index in [1.165, 1.54) is 0 Å². The summed E-state index contributed by atoms with van der Waals surface area (Å²) >= 11 is 0. The van der Waals surface area contributed by atoms with E-state index in [1.54, 1.807) is 0 Å². The van der Waals surface area contributed by atoms with Crippen molar-refractivity contribution in [2.75, 3.05) is 0 Å². The maximum absolute atomic E-state index is 12.3. The molecule has 2 rings (SSSR count). The van der Waals surface area contributed by atoms with Gasteiger partial charge in [0, 0.05) is 0 Å². The zero-order valence-corrected chi connectivity index (χ0v) is 17.0. The monoisotopic (exact) mass is 490 g/mol. The number of carbonyl (C=O) groups excluding carboxylic acids is 2. The van der Waals surface area contributed by atoms with Gasteiger partial charge in [0.15, 0.2) is 24.6 Å². The van der Waals surface area contributed by atoms with E-state index in [4.69, 9.17) is 24.4 Å². The first-order valence-electron chi connectivity index (χ1n) is 9.51. The van der Waals surface area contributed by atoms with E-state index in [0.29, 0.717) is 0 Å². The number of rotatable bonds is 10. The van der Waals surface area contributed by atoms with Crippen molar-refractivity contribution in [1.29, 1.82) is 0 Å². The molecule has 1 fully saturated rings. The summed E-state index contributed by atoms with van der Waals surface area (Å²) < 4.78 is 14.9. The zero-order valence-electron chi connectivity index (χ0n) is 17.0. The Bertz CT molecular complexity index is 886. The number of carboxylic acids is 2. The molecule has 1 aliphatic rings. The summed E-state index contributed by atoms with van der Waals surface area (Å²) in [7, 11) is 0. The summed E-state index contributed by atoms with van der Waals surface area (Å²) in [5.74, 6) is -4.90. The Labute approximate surface area is 190 Å². The van der Waals surface area contributed by atoms with E-state index in [-0.39, 0.29) is 17.6 Å². The maximum Gasteiger partial charge on any atom is 0.338 e. The fourth-order valence-corrected chi connectivity index (χ4v) is 2.88. The van der Waals surface area contributed by atoms with Crippen LogP contribution in [0.15, 0.2) is 24.3 Å². The van der Waals surface area contributed by atoms with Crippen LogP contribution >= 0.6 is 0 Å². The lowest BCUT2D eigenvalue weighted by Crippen LogP contribution is -2.61. The van der Waals surface area contributed by atoms with E-state index in [0.717, 1.165) is 24.3 Å². The molecule has 0 spiro atoms. The van der Waals surface area contributed by atoms with Gasteiger partial charge in [-0.15, -0.1) is 0 Å². The molecule has 0 radical (unpaired) electrons. The second kappa shape index (κ2) is 11.3. The summed E-state index contributed by atoms with van der Waals surface area (Å²) in [6.45, 7) is 0. The minimum Gasteiger partial charge on any atom is -0.479 e. The van der Waals surface area contributed by atoms with Gasteiger partial charge in [-0.25, -0.2) is 14.4 Å². The number of hydrogen-bond donors (Lipinski definition) is 8. The SMILES string of the molecule is O=C[C@H](O)[C@@H](O)[C@H](OC(=O)c1ccc(O[C@@H]2O[C@H](C(=O)O)[C@@H](O)[C@H](O)[C@H]2O)cc1)[C@H](O)C(=O)O. The number of esters is 1. The Balaban J connectivity index is 2.13. The van der Waals surface area contributed by atoms with Gasteiger partial charge in [0.1, 0.15) is 36.3 Å². The third-order valence-electron chi connectivity index (χ3n) is 4.79. The van der Waals surface area contributed by atoms with Crippen LogP contribution in [0.3, 0.4) is 0 Å². The van der Waals surface area contributed by atoms with Gasteiger partial charge in [-0.05, 0) is 24.3 Å². The fraction of sp³-hybridized carbons (Fsp3) is 0.474. The number of benzene rings is 1. The molecule has 0 bridgehead atoms. The number of ether oxygens (including phenoxy) is 3. The molecule has 9 atom stereocenters. The lowest BCUT2D eigenvalue weighted by molar-refractivity contribution is -0.271. The van der Waals surface area contributed by atoms with Gasteiger partial charge >= 0.3 is 17.9 Å². The topological polar surface area (TPSA) is 258 Å². The molecule has 0 saturated carbocycles. The standard InChI is InChI=1S/C19H22O15/c20-5-8(21)9(22)14(13(26)16(27)28)33-18(31)6-1-3-7(4-2-6)32-19-12(25)10(23)11(24)15(34-19)17(29)30/h1-5,8-15,19,21-26H,(H,27,28)(H,29,30)/t8-,9+,10-,11-,12+,13-,14-,15-,19+/m0/s1. The van der Waals surface area contributed by atoms with Crippen LogP contribution in [0.2, 0.25) is 0 Å². The van der Waals surface area contributed by atoms with Gasteiger partial charge in [0.2, 0.25) is 6.29 Å². The molecule has 1 aromatic rings. The molecule has 1 saturated heterocycles. The van der Waals surface area contributed by atoms with Crippen molar-refractivity contribution in [3.05, 3.63) is 29.8 Å². The molecule has 188 valence electrons. The van der Waals surface area contributed by atoms with Crippen molar-refractivity contribution in [2.24, 2.45) is 0 Å². The highest BCUT2D eigenvalue weighted by molar-refractivity contribution is 5.90. The van der Waals surface area contributed by atoms with Crippen molar-refractivity contribution in [1.82, 2.24) is 0 Å². The van der Waals surface area contributed by atoms with Crippen molar-refractivity contribution >= 4 is 24.2 Å². The Hall–Kier alpha value is -3.18. The minimum absolute atomic E-state index is 0.105. The van der Waals surface area contributed by atoms with Gasteiger partial charge in [-0.2, -0.15) is 0 Å². The highest BCUT2D eigenvalue weighted by atomic mass is 16.7. The van der Waals surface area contributed by atoms with Crippen LogP contribution in [-0.4, -0.2) is 120 Å². The van der Waals surface area contributed by atoms with Gasteiger partial charge in [-0.3, -0.25) is 0 Å². The fourth-order valence-electron chi connectivity index (χ4n) is 2.88. The first-order valence-corrected chi connectivity index (χ1v) is 9.51. The second-order valence-corrected chi connectivity index (χ2v) is 7.15.